The highest BCUT2D eigenvalue weighted by Crippen LogP contribution is 2.23. The minimum atomic E-state index is -3.53. The normalized spacial score (nSPS) is 11.6. The van der Waals surface area contributed by atoms with Crippen molar-refractivity contribution in [2.24, 2.45) is 0 Å². The van der Waals surface area contributed by atoms with Crippen molar-refractivity contribution in [1.82, 2.24) is 4.31 Å². The second kappa shape index (κ2) is 9.15. The molecule has 0 radical (unpaired) electrons. The number of hydrogen-bond acceptors (Lipinski definition) is 3. The summed E-state index contributed by atoms with van der Waals surface area (Å²) in [6.45, 7) is 5.96. The highest BCUT2D eigenvalue weighted by molar-refractivity contribution is 7.88. The first kappa shape index (κ1) is 21.1. The molecule has 0 unspecified atom stereocenters. The molecule has 0 heterocycles. The molecule has 6 heteroatoms. The van der Waals surface area contributed by atoms with Crippen LogP contribution in [0.1, 0.15) is 36.1 Å². The van der Waals surface area contributed by atoms with Crippen LogP contribution in [0.25, 0.3) is 0 Å². The summed E-state index contributed by atoms with van der Waals surface area (Å²) < 4.78 is 25.7. The molecule has 0 bridgehead atoms. The molecule has 0 fully saturated rings. The van der Waals surface area contributed by atoms with E-state index in [0.717, 1.165) is 47.0 Å². The average molecular weight is 389 g/mol. The van der Waals surface area contributed by atoms with E-state index in [1.54, 1.807) is 0 Å². The van der Waals surface area contributed by atoms with Crippen LogP contribution in [-0.4, -0.2) is 31.4 Å². The average Bonchev–Trinajstić information content (AvgIpc) is 2.62. The maximum atomic E-state index is 12.7. The summed E-state index contributed by atoms with van der Waals surface area (Å²) in [5, 5.41) is 2.94. The van der Waals surface area contributed by atoms with Gasteiger partial charge in [-0.3, -0.25) is 4.79 Å². The topological polar surface area (TPSA) is 66.5 Å². The molecular formula is C21H28N2O3S. The van der Waals surface area contributed by atoms with Crippen molar-refractivity contribution in [3.8, 4) is 0 Å². The predicted octanol–water partition coefficient (Wildman–Crippen LogP) is 3.52. The summed E-state index contributed by atoms with van der Waals surface area (Å²) in [6, 6.07) is 13.5. The van der Waals surface area contributed by atoms with Gasteiger partial charge in [0.05, 0.1) is 12.8 Å². The lowest BCUT2D eigenvalue weighted by Crippen LogP contribution is -2.37. The minimum absolute atomic E-state index is 0.176. The van der Waals surface area contributed by atoms with Crippen molar-refractivity contribution in [3.63, 3.8) is 0 Å². The Morgan fingerprint density at radius 2 is 1.52 bits per heavy atom. The number of nitrogens with zero attached hydrogens (tertiary/aromatic N) is 1. The maximum Gasteiger partial charge on any atom is 0.239 e. The van der Waals surface area contributed by atoms with Gasteiger partial charge in [-0.2, -0.15) is 4.31 Å². The third-order valence-corrected chi connectivity index (χ3v) is 5.86. The van der Waals surface area contributed by atoms with Gasteiger partial charge in [-0.15, -0.1) is 0 Å². The number of nitrogens with one attached hydrogen (secondary N) is 1. The Bertz CT molecular complexity index is 885. The quantitative estimate of drug-likeness (QED) is 0.752. The molecule has 2 aromatic carbocycles. The van der Waals surface area contributed by atoms with Gasteiger partial charge in [-0.05, 0) is 42.0 Å². The van der Waals surface area contributed by atoms with E-state index in [4.69, 9.17) is 0 Å². The van der Waals surface area contributed by atoms with E-state index in [2.05, 4.69) is 5.32 Å². The van der Waals surface area contributed by atoms with Gasteiger partial charge >= 0.3 is 0 Å². The number of aryl methyl sites for hydroxylation is 3. The van der Waals surface area contributed by atoms with Crippen molar-refractivity contribution in [1.29, 1.82) is 0 Å². The molecule has 0 atom stereocenters. The van der Waals surface area contributed by atoms with Gasteiger partial charge in [0.15, 0.2) is 0 Å². The summed E-state index contributed by atoms with van der Waals surface area (Å²) in [5.41, 5.74) is 4.78. The molecule has 27 heavy (non-hydrogen) atoms. The summed E-state index contributed by atoms with van der Waals surface area (Å²) in [4.78, 5) is 12.7. The largest absolute Gasteiger partial charge is 0.324 e. The molecule has 0 spiro atoms. The Labute approximate surface area is 162 Å². The number of sulfonamides is 1. The van der Waals surface area contributed by atoms with Crippen molar-refractivity contribution >= 4 is 21.6 Å². The van der Waals surface area contributed by atoms with Crippen molar-refractivity contribution in [3.05, 3.63) is 64.7 Å². The zero-order valence-corrected chi connectivity index (χ0v) is 17.3. The van der Waals surface area contributed by atoms with E-state index in [0.29, 0.717) is 0 Å². The molecule has 0 aromatic heterocycles. The fraction of sp³-hybridized carbons (Fsp3) is 0.381. The van der Waals surface area contributed by atoms with E-state index < -0.39 is 10.0 Å². The molecule has 2 aromatic rings. The standard InChI is InChI=1S/C21H28N2O3S/c1-5-17-12-9-13-18(6-2)21(17)22-20(24)15-23(27(4,25)26)14-19-11-8-7-10-16(19)3/h7-13H,5-6,14-15H2,1-4H3,(H,22,24). The van der Waals surface area contributed by atoms with E-state index >= 15 is 0 Å². The van der Waals surface area contributed by atoms with Gasteiger partial charge in [0, 0.05) is 12.2 Å². The number of anilines is 1. The fourth-order valence-electron chi connectivity index (χ4n) is 3.01. The summed E-state index contributed by atoms with van der Waals surface area (Å²) in [5.74, 6) is -0.329. The lowest BCUT2D eigenvalue weighted by molar-refractivity contribution is -0.116. The molecule has 0 aliphatic heterocycles. The second-order valence-corrected chi connectivity index (χ2v) is 8.65. The van der Waals surface area contributed by atoms with E-state index in [9.17, 15) is 13.2 Å². The number of amides is 1. The third kappa shape index (κ3) is 5.65. The number of benzene rings is 2. The van der Waals surface area contributed by atoms with Crippen LogP contribution in [0.5, 0.6) is 0 Å². The molecule has 0 aliphatic rings. The molecule has 0 saturated heterocycles. The maximum absolute atomic E-state index is 12.7. The van der Waals surface area contributed by atoms with E-state index in [1.807, 2.05) is 63.2 Å². The van der Waals surface area contributed by atoms with Gasteiger partial charge < -0.3 is 5.32 Å². The number of para-hydroxylation sites is 1. The molecule has 5 nitrogen and oxygen atoms in total. The number of carbonyl (C=O) groups is 1. The van der Waals surface area contributed by atoms with Crippen LogP contribution in [0, 0.1) is 6.92 Å². The molecular weight excluding hydrogens is 360 g/mol. The van der Waals surface area contributed by atoms with Crippen LogP contribution in [-0.2, 0) is 34.2 Å². The monoisotopic (exact) mass is 388 g/mol. The van der Waals surface area contributed by atoms with Crippen LogP contribution < -0.4 is 5.32 Å². The van der Waals surface area contributed by atoms with Gasteiger partial charge in [-0.1, -0.05) is 56.3 Å². The predicted molar refractivity (Wildman–Crippen MR) is 110 cm³/mol. The lowest BCUT2D eigenvalue weighted by Gasteiger charge is -2.21. The van der Waals surface area contributed by atoms with Crippen molar-refractivity contribution in [2.75, 3.05) is 18.1 Å². The smallest absolute Gasteiger partial charge is 0.239 e. The number of hydrogen-bond donors (Lipinski definition) is 1. The zero-order chi connectivity index (χ0) is 20.0. The third-order valence-electron chi connectivity index (χ3n) is 4.66. The molecule has 1 amide bonds. The highest BCUT2D eigenvalue weighted by atomic mass is 32.2. The Morgan fingerprint density at radius 1 is 0.963 bits per heavy atom. The Morgan fingerprint density at radius 3 is 2.04 bits per heavy atom. The zero-order valence-electron chi connectivity index (χ0n) is 16.5. The van der Waals surface area contributed by atoms with Crippen LogP contribution >= 0.6 is 0 Å². The molecule has 146 valence electrons. The highest BCUT2D eigenvalue weighted by Gasteiger charge is 2.22. The fourth-order valence-corrected chi connectivity index (χ4v) is 3.74. The van der Waals surface area contributed by atoms with Crippen LogP contribution in [0.15, 0.2) is 42.5 Å². The van der Waals surface area contributed by atoms with Crippen LogP contribution in [0.4, 0.5) is 5.69 Å². The van der Waals surface area contributed by atoms with Crippen molar-refractivity contribution in [2.45, 2.75) is 40.2 Å². The van der Waals surface area contributed by atoms with Crippen molar-refractivity contribution < 1.29 is 13.2 Å². The SMILES string of the molecule is CCc1cccc(CC)c1NC(=O)CN(Cc1ccccc1C)S(C)(=O)=O. The molecule has 2 rings (SSSR count). The molecule has 1 N–H and O–H groups in total. The summed E-state index contributed by atoms with van der Waals surface area (Å²) in [7, 11) is -3.53. The molecule has 0 saturated carbocycles. The first-order chi connectivity index (χ1) is 12.8. The molecule has 0 aliphatic carbocycles. The summed E-state index contributed by atoms with van der Waals surface area (Å²) >= 11 is 0. The number of rotatable bonds is 8. The van der Waals surface area contributed by atoms with Gasteiger partial charge in [0.25, 0.3) is 0 Å². The van der Waals surface area contributed by atoms with Gasteiger partial charge in [-0.25, -0.2) is 8.42 Å². The van der Waals surface area contributed by atoms with E-state index in [-0.39, 0.29) is 19.0 Å². The van der Waals surface area contributed by atoms with Gasteiger partial charge in [0.1, 0.15) is 0 Å². The first-order valence-corrected chi connectivity index (χ1v) is 11.0. The van der Waals surface area contributed by atoms with Crippen LogP contribution in [0.3, 0.4) is 0 Å². The Kier molecular flexibility index (Phi) is 7.16. The first-order valence-electron chi connectivity index (χ1n) is 9.16. The van der Waals surface area contributed by atoms with Gasteiger partial charge in [0.2, 0.25) is 15.9 Å². The number of carbonyl (C=O) groups excluding carboxylic acids is 1. The lowest BCUT2D eigenvalue weighted by atomic mass is 10.0. The Balaban J connectivity index is 2.22. The van der Waals surface area contributed by atoms with E-state index in [1.165, 1.54) is 4.31 Å². The second-order valence-electron chi connectivity index (χ2n) is 6.66. The summed E-state index contributed by atoms with van der Waals surface area (Å²) in [6.07, 6.45) is 2.72. The minimum Gasteiger partial charge on any atom is -0.324 e. The Hall–Kier alpha value is -2.18. The van der Waals surface area contributed by atoms with Crippen LogP contribution in [0.2, 0.25) is 0 Å².